The van der Waals surface area contributed by atoms with E-state index in [0.29, 0.717) is 5.06 Å². The molecule has 0 spiro atoms. The molecule has 9 nitrogen and oxygen atoms in total. The summed E-state index contributed by atoms with van der Waals surface area (Å²) in [7, 11) is 0. The zero-order valence-electron chi connectivity index (χ0n) is 15.6. The molecule has 26 heavy (non-hydrogen) atoms. The van der Waals surface area contributed by atoms with E-state index in [-0.39, 0.29) is 61.3 Å². The van der Waals surface area contributed by atoms with Crippen LogP contribution in [0.2, 0.25) is 0 Å². The van der Waals surface area contributed by atoms with Gasteiger partial charge in [0.05, 0.1) is 31.4 Å². The van der Waals surface area contributed by atoms with Crippen LogP contribution in [0.4, 0.5) is 0 Å². The average Bonchev–Trinajstić information content (AvgIpc) is 2.97. The third kappa shape index (κ3) is 5.28. The Morgan fingerprint density at radius 1 is 1.23 bits per heavy atom. The summed E-state index contributed by atoms with van der Waals surface area (Å²) in [6, 6.07) is 0. The van der Waals surface area contributed by atoms with Gasteiger partial charge in [0, 0.05) is 20.6 Å². The number of hydrogen-bond acceptors (Lipinski definition) is 8. The lowest BCUT2D eigenvalue weighted by molar-refractivity contribution is -0.198. The second kappa shape index (κ2) is 9.13. The number of rotatable bonds is 9. The van der Waals surface area contributed by atoms with Crippen LogP contribution in [-0.2, 0) is 33.5 Å². The molecule has 2 unspecified atom stereocenters. The Morgan fingerprint density at radius 3 is 2.58 bits per heavy atom. The molecular weight excluding hydrogens is 364 g/mol. The SMILES string of the molecule is [2H]C1CC(=O)N(OC(=O)CCOCCN2C(=O)CC(SC(C)C)C2=O)C1=O. The summed E-state index contributed by atoms with van der Waals surface area (Å²) < 4.78 is 12.6. The summed E-state index contributed by atoms with van der Waals surface area (Å²) in [5, 5.41) is 0.200. The van der Waals surface area contributed by atoms with Crippen LogP contribution in [0, 0.1) is 0 Å². The highest BCUT2D eigenvalue weighted by molar-refractivity contribution is 8.01. The zero-order chi connectivity index (χ0) is 20.1. The summed E-state index contributed by atoms with van der Waals surface area (Å²) >= 11 is 1.45. The van der Waals surface area contributed by atoms with Crippen molar-refractivity contribution in [1.29, 1.82) is 0 Å². The fourth-order valence-corrected chi connectivity index (χ4v) is 3.58. The van der Waals surface area contributed by atoms with Crippen LogP contribution < -0.4 is 0 Å². The van der Waals surface area contributed by atoms with Crippen molar-refractivity contribution in [2.24, 2.45) is 0 Å². The number of nitrogens with zero attached hydrogens (tertiary/aromatic N) is 2. The molecule has 2 aliphatic heterocycles. The average molecular weight is 387 g/mol. The lowest BCUT2D eigenvalue weighted by atomic mass is 10.4. The van der Waals surface area contributed by atoms with Crippen molar-refractivity contribution in [3.05, 3.63) is 0 Å². The maximum absolute atomic E-state index is 12.2. The third-order valence-electron chi connectivity index (χ3n) is 3.62. The Labute approximate surface area is 156 Å². The lowest BCUT2D eigenvalue weighted by Crippen LogP contribution is -2.35. The Hall–Kier alpha value is -1.94. The Bertz CT molecular complexity index is 642. The molecule has 0 aromatic heterocycles. The summed E-state index contributed by atoms with van der Waals surface area (Å²) in [5.41, 5.74) is 0. The molecule has 0 N–H and O–H groups in total. The van der Waals surface area contributed by atoms with Gasteiger partial charge in [0.15, 0.2) is 0 Å². The first-order valence-corrected chi connectivity index (χ1v) is 9.22. The van der Waals surface area contributed by atoms with Crippen LogP contribution in [0.3, 0.4) is 0 Å². The Morgan fingerprint density at radius 2 is 1.96 bits per heavy atom. The number of carbonyl (C=O) groups is 5. The predicted molar refractivity (Wildman–Crippen MR) is 90.5 cm³/mol. The fraction of sp³-hybridized carbons (Fsp3) is 0.688. The number of imide groups is 2. The molecule has 0 aromatic rings. The van der Waals surface area contributed by atoms with Gasteiger partial charge in [0.1, 0.15) is 0 Å². The molecule has 2 atom stereocenters. The highest BCUT2D eigenvalue weighted by Crippen LogP contribution is 2.27. The minimum Gasteiger partial charge on any atom is -0.379 e. The summed E-state index contributed by atoms with van der Waals surface area (Å²) in [6.07, 6.45) is -1.58. The van der Waals surface area contributed by atoms with E-state index in [2.05, 4.69) is 4.84 Å². The third-order valence-corrected chi connectivity index (χ3v) is 4.86. The Balaban J connectivity index is 1.65. The zero-order valence-corrected chi connectivity index (χ0v) is 15.5. The quantitative estimate of drug-likeness (QED) is 0.409. The molecule has 0 aromatic carbocycles. The topological polar surface area (TPSA) is 110 Å². The van der Waals surface area contributed by atoms with Crippen molar-refractivity contribution in [3.63, 3.8) is 0 Å². The molecule has 2 aliphatic rings. The molecule has 2 saturated heterocycles. The number of likely N-dealkylation sites (tertiary alicyclic amines) is 1. The van der Waals surface area contributed by atoms with Crippen LogP contribution in [-0.4, -0.2) is 69.8 Å². The number of hydroxylamine groups is 2. The summed E-state index contributed by atoms with van der Waals surface area (Å²) in [5.74, 6) is -2.90. The fourth-order valence-electron chi connectivity index (χ4n) is 2.44. The van der Waals surface area contributed by atoms with Crippen LogP contribution in [0.1, 0.15) is 40.9 Å². The predicted octanol–water partition coefficient (Wildman–Crippen LogP) is 0.269. The van der Waals surface area contributed by atoms with E-state index in [1.54, 1.807) is 0 Å². The normalized spacial score (nSPS) is 24.0. The monoisotopic (exact) mass is 387 g/mol. The summed E-state index contributed by atoms with van der Waals surface area (Å²) in [4.78, 5) is 64.4. The van der Waals surface area contributed by atoms with E-state index in [4.69, 9.17) is 6.11 Å². The van der Waals surface area contributed by atoms with Gasteiger partial charge < -0.3 is 9.57 Å². The first-order valence-electron chi connectivity index (χ1n) is 8.85. The number of hydrogen-bond donors (Lipinski definition) is 0. The minimum atomic E-state index is -1.24. The van der Waals surface area contributed by atoms with Gasteiger partial charge in [0.2, 0.25) is 11.8 Å². The van der Waals surface area contributed by atoms with Gasteiger partial charge in [-0.2, -0.15) is 0 Å². The highest BCUT2D eigenvalue weighted by Gasteiger charge is 2.38. The first kappa shape index (κ1) is 18.8. The molecule has 0 aliphatic carbocycles. The van der Waals surface area contributed by atoms with Gasteiger partial charge in [-0.1, -0.05) is 13.8 Å². The van der Waals surface area contributed by atoms with E-state index in [1.165, 1.54) is 11.8 Å². The van der Waals surface area contributed by atoms with Gasteiger partial charge in [-0.05, 0) is 5.25 Å². The van der Waals surface area contributed by atoms with Gasteiger partial charge in [-0.25, -0.2) is 4.79 Å². The molecule has 0 bridgehead atoms. The lowest BCUT2D eigenvalue weighted by Gasteiger charge is -2.16. The molecule has 2 heterocycles. The van der Waals surface area contributed by atoms with Crippen LogP contribution in [0.25, 0.3) is 0 Å². The van der Waals surface area contributed by atoms with E-state index in [1.807, 2.05) is 13.8 Å². The number of carbonyl (C=O) groups excluding carboxylic acids is 5. The van der Waals surface area contributed by atoms with Crippen molar-refractivity contribution < 1.29 is 34.9 Å². The molecule has 2 fully saturated rings. The Kier molecular flexibility index (Phi) is 6.62. The number of thioether (sulfide) groups is 1. The largest absolute Gasteiger partial charge is 0.379 e. The van der Waals surface area contributed by atoms with Crippen molar-refractivity contribution in [2.75, 3.05) is 19.8 Å². The molecule has 4 amide bonds. The van der Waals surface area contributed by atoms with Crippen molar-refractivity contribution in [3.8, 4) is 0 Å². The van der Waals surface area contributed by atoms with Gasteiger partial charge in [-0.15, -0.1) is 16.8 Å². The van der Waals surface area contributed by atoms with E-state index in [9.17, 15) is 24.0 Å². The second-order valence-corrected chi connectivity index (χ2v) is 7.81. The molecule has 0 saturated carbocycles. The van der Waals surface area contributed by atoms with Crippen LogP contribution in [0.15, 0.2) is 0 Å². The first-order chi connectivity index (χ1) is 12.7. The van der Waals surface area contributed by atoms with Crippen molar-refractivity contribution in [1.82, 2.24) is 9.96 Å². The molecule has 144 valence electrons. The maximum Gasteiger partial charge on any atom is 0.335 e. The smallest absolute Gasteiger partial charge is 0.335 e. The molecule has 10 heteroatoms. The van der Waals surface area contributed by atoms with Gasteiger partial charge in [0.25, 0.3) is 11.8 Å². The van der Waals surface area contributed by atoms with Gasteiger partial charge >= 0.3 is 5.97 Å². The van der Waals surface area contributed by atoms with Crippen LogP contribution in [0.5, 0.6) is 0 Å². The maximum atomic E-state index is 12.2. The van der Waals surface area contributed by atoms with Crippen molar-refractivity contribution >= 4 is 41.4 Å². The van der Waals surface area contributed by atoms with E-state index < -0.39 is 24.2 Å². The molecular formula is C16H22N2O7S. The van der Waals surface area contributed by atoms with Gasteiger partial charge in [-0.3, -0.25) is 24.1 Å². The van der Waals surface area contributed by atoms with E-state index in [0.717, 1.165) is 4.90 Å². The van der Waals surface area contributed by atoms with Crippen LogP contribution >= 0.6 is 11.8 Å². The standard InChI is InChI=1S/C16H22N2O7S/c1-10(2)26-11-9-14(21)17(16(11)23)6-8-24-7-5-15(22)25-18-12(19)3-4-13(18)20/h10-11H,3-9H2,1-2H3/i3D. The van der Waals surface area contributed by atoms with E-state index >= 15 is 0 Å². The number of amides is 4. The molecule has 0 radical (unpaired) electrons. The number of ether oxygens (including phenoxy) is 1. The second-order valence-electron chi connectivity index (χ2n) is 6.02. The molecule has 2 rings (SSSR count). The summed E-state index contributed by atoms with van der Waals surface area (Å²) in [6.45, 7) is 4.03. The highest BCUT2D eigenvalue weighted by atomic mass is 32.2. The minimum absolute atomic E-state index is 0.0558. The van der Waals surface area contributed by atoms with Crippen molar-refractivity contribution in [2.45, 2.75) is 50.0 Å².